The van der Waals surface area contributed by atoms with Crippen LogP contribution in [0.1, 0.15) is 51.0 Å². The van der Waals surface area contributed by atoms with E-state index in [9.17, 15) is 4.79 Å². The van der Waals surface area contributed by atoms with Gasteiger partial charge in [-0.2, -0.15) is 0 Å². The molecule has 2 rings (SSSR count). The Morgan fingerprint density at radius 2 is 2.17 bits per heavy atom. The molecule has 0 N–H and O–H groups in total. The molecule has 0 spiro atoms. The molecule has 1 aromatic rings. The fourth-order valence-corrected chi connectivity index (χ4v) is 2.45. The van der Waals surface area contributed by atoms with Crippen molar-refractivity contribution in [2.45, 2.75) is 45.4 Å². The normalized spacial score (nSPS) is 18.3. The summed E-state index contributed by atoms with van der Waals surface area (Å²) in [7, 11) is 0. The lowest BCUT2D eigenvalue weighted by molar-refractivity contribution is -0.119. The molecule has 98 valence electrons. The van der Waals surface area contributed by atoms with Crippen molar-refractivity contribution >= 4 is 5.78 Å². The number of Topliss-reactive ketones (excluding diaryl/α,β-unsaturated/α-hetero) is 1. The summed E-state index contributed by atoms with van der Waals surface area (Å²) in [6.07, 6.45) is 3.36. The summed E-state index contributed by atoms with van der Waals surface area (Å²) in [6, 6.07) is 8.11. The summed E-state index contributed by atoms with van der Waals surface area (Å²) in [5.41, 5.74) is 1.21. The highest BCUT2D eigenvalue weighted by atomic mass is 16.5. The van der Waals surface area contributed by atoms with Gasteiger partial charge in [0.15, 0.2) is 0 Å². The van der Waals surface area contributed by atoms with E-state index in [0.29, 0.717) is 24.0 Å². The predicted molar refractivity (Wildman–Crippen MR) is 73.0 cm³/mol. The van der Waals surface area contributed by atoms with Crippen LogP contribution >= 0.6 is 0 Å². The molecule has 1 aromatic carbocycles. The summed E-state index contributed by atoms with van der Waals surface area (Å²) in [5, 5.41) is 0. The van der Waals surface area contributed by atoms with E-state index in [0.717, 1.165) is 31.6 Å². The number of para-hydroxylation sites is 1. The molecule has 2 nitrogen and oxygen atoms in total. The highest BCUT2D eigenvalue weighted by molar-refractivity contribution is 5.79. The first kappa shape index (κ1) is 13.1. The van der Waals surface area contributed by atoms with E-state index >= 15 is 0 Å². The second-order valence-corrected chi connectivity index (χ2v) is 5.55. The number of ether oxygens (including phenoxy) is 1. The fourth-order valence-electron chi connectivity index (χ4n) is 2.45. The Hall–Kier alpha value is -1.31. The summed E-state index contributed by atoms with van der Waals surface area (Å²) >= 11 is 0. The molecule has 0 saturated heterocycles. The summed E-state index contributed by atoms with van der Waals surface area (Å²) in [4.78, 5) is 12.0. The standard InChI is InChI=1S/C16H22O2/c1-12(2)7-8-14(17)11-13-9-10-18-16-6-4-3-5-15(13)16/h3-6,12-13H,7-11H2,1-2H3. The van der Waals surface area contributed by atoms with Gasteiger partial charge in [-0.15, -0.1) is 0 Å². The van der Waals surface area contributed by atoms with Gasteiger partial charge in [-0.05, 0) is 36.3 Å². The van der Waals surface area contributed by atoms with Gasteiger partial charge in [-0.25, -0.2) is 0 Å². The van der Waals surface area contributed by atoms with Gasteiger partial charge in [0.2, 0.25) is 0 Å². The van der Waals surface area contributed by atoms with E-state index in [4.69, 9.17) is 4.74 Å². The Labute approximate surface area is 109 Å². The Morgan fingerprint density at radius 1 is 1.39 bits per heavy atom. The highest BCUT2D eigenvalue weighted by Crippen LogP contribution is 2.35. The van der Waals surface area contributed by atoms with Crippen LogP contribution in [0, 0.1) is 5.92 Å². The highest BCUT2D eigenvalue weighted by Gasteiger charge is 2.23. The molecular weight excluding hydrogens is 224 g/mol. The third-order valence-electron chi connectivity index (χ3n) is 3.56. The van der Waals surface area contributed by atoms with Crippen LogP contribution < -0.4 is 4.74 Å². The Bertz CT molecular complexity index is 409. The van der Waals surface area contributed by atoms with Gasteiger partial charge in [-0.3, -0.25) is 4.79 Å². The number of fused-ring (bicyclic) bond motifs is 1. The van der Waals surface area contributed by atoms with E-state index in [2.05, 4.69) is 19.9 Å². The average molecular weight is 246 g/mol. The minimum absolute atomic E-state index is 0.356. The predicted octanol–water partition coefficient (Wildman–Crippen LogP) is 3.95. The number of benzene rings is 1. The zero-order chi connectivity index (χ0) is 13.0. The lowest BCUT2D eigenvalue weighted by Gasteiger charge is -2.25. The molecule has 0 aliphatic carbocycles. The number of carbonyl (C=O) groups is 1. The van der Waals surface area contributed by atoms with Crippen molar-refractivity contribution < 1.29 is 9.53 Å². The molecule has 0 fully saturated rings. The molecular formula is C16H22O2. The van der Waals surface area contributed by atoms with Crippen LogP contribution in [0.5, 0.6) is 5.75 Å². The van der Waals surface area contributed by atoms with E-state index in [1.54, 1.807) is 0 Å². The summed E-state index contributed by atoms with van der Waals surface area (Å²) in [6.45, 7) is 5.06. The SMILES string of the molecule is CC(C)CCC(=O)CC1CCOc2ccccc21. The van der Waals surface area contributed by atoms with Gasteiger partial charge in [0.25, 0.3) is 0 Å². The molecule has 0 radical (unpaired) electrons. The summed E-state index contributed by atoms with van der Waals surface area (Å²) in [5.74, 6) is 2.32. The topological polar surface area (TPSA) is 26.3 Å². The van der Waals surface area contributed by atoms with Crippen LogP contribution in [-0.4, -0.2) is 12.4 Å². The number of hydrogen-bond acceptors (Lipinski definition) is 2. The maximum Gasteiger partial charge on any atom is 0.133 e. The van der Waals surface area contributed by atoms with Gasteiger partial charge >= 0.3 is 0 Å². The Kier molecular flexibility index (Phi) is 4.40. The minimum atomic E-state index is 0.356. The van der Waals surface area contributed by atoms with Gasteiger partial charge in [0.05, 0.1) is 6.61 Å². The maximum atomic E-state index is 12.0. The van der Waals surface area contributed by atoms with E-state index in [1.807, 2.05) is 18.2 Å². The molecule has 0 bridgehead atoms. The Morgan fingerprint density at radius 3 is 2.94 bits per heavy atom. The van der Waals surface area contributed by atoms with Crippen LogP contribution in [0.25, 0.3) is 0 Å². The first-order valence-electron chi connectivity index (χ1n) is 6.90. The second-order valence-electron chi connectivity index (χ2n) is 5.55. The van der Waals surface area contributed by atoms with Crippen molar-refractivity contribution in [3.63, 3.8) is 0 Å². The van der Waals surface area contributed by atoms with Crippen LogP contribution in [-0.2, 0) is 4.79 Å². The van der Waals surface area contributed by atoms with Crippen LogP contribution in [0.15, 0.2) is 24.3 Å². The molecule has 1 heterocycles. The fraction of sp³-hybridized carbons (Fsp3) is 0.562. The largest absolute Gasteiger partial charge is 0.493 e. The molecule has 0 amide bonds. The van der Waals surface area contributed by atoms with Gasteiger partial charge < -0.3 is 4.74 Å². The molecule has 1 aliphatic heterocycles. The van der Waals surface area contributed by atoms with Crippen molar-refractivity contribution in [2.24, 2.45) is 5.92 Å². The lowest BCUT2D eigenvalue weighted by Crippen LogP contribution is -2.17. The minimum Gasteiger partial charge on any atom is -0.493 e. The number of ketones is 1. The molecule has 0 saturated carbocycles. The average Bonchev–Trinajstić information content (AvgIpc) is 2.37. The first-order chi connectivity index (χ1) is 8.66. The zero-order valence-corrected chi connectivity index (χ0v) is 11.3. The number of hydrogen-bond donors (Lipinski definition) is 0. The smallest absolute Gasteiger partial charge is 0.133 e. The van der Waals surface area contributed by atoms with Crippen LogP contribution in [0.4, 0.5) is 0 Å². The zero-order valence-electron chi connectivity index (χ0n) is 11.3. The molecule has 1 unspecified atom stereocenters. The molecule has 0 aromatic heterocycles. The second kappa shape index (κ2) is 6.03. The summed E-state index contributed by atoms with van der Waals surface area (Å²) < 4.78 is 5.62. The van der Waals surface area contributed by atoms with Crippen molar-refractivity contribution in [2.75, 3.05) is 6.61 Å². The van der Waals surface area contributed by atoms with E-state index < -0.39 is 0 Å². The van der Waals surface area contributed by atoms with Gasteiger partial charge in [0, 0.05) is 12.8 Å². The molecule has 18 heavy (non-hydrogen) atoms. The molecule has 1 atom stereocenters. The Balaban J connectivity index is 1.96. The van der Waals surface area contributed by atoms with E-state index in [1.165, 1.54) is 5.56 Å². The van der Waals surface area contributed by atoms with E-state index in [-0.39, 0.29) is 0 Å². The quantitative estimate of drug-likeness (QED) is 0.786. The van der Waals surface area contributed by atoms with Crippen molar-refractivity contribution in [1.82, 2.24) is 0 Å². The maximum absolute atomic E-state index is 12.0. The van der Waals surface area contributed by atoms with Crippen LogP contribution in [0.3, 0.4) is 0 Å². The van der Waals surface area contributed by atoms with Gasteiger partial charge in [0.1, 0.15) is 11.5 Å². The number of carbonyl (C=O) groups excluding carboxylic acids is 1. The monoisotopic (exact) mass is 246 g/mol. The van der Waals surface area contributed by atoms with Crippen LogP contribution in [0.2, 0.25) is 0 Å². The number of rotatable bonds is 5. The van der Waals surface area contributed by atoms with Gasteiger partial charge in [-0.1, -0.05) is 32.0 Å². The third kappa shape index (κ3) is 3.34. The first-order valence-corrected chi connectivity index (χ1v) is 6.90. The van der Waals surface area contributed by atoms with Crippen molar-refractivity contribution in [3.05, 3.63) is 29.8 Å². The molecule has 1 aliphatic rings. The molecule has 2 heteroatoms. The lowest BCUT2D eigenvalue weighted by atomic mass is 9.87. The third-order valence-corrected chi connectivity index (χ3v) is 3.56. The van der Waals surface area contributed by atoms with Crippen molar-refractivity contribution in [1.29, 1.82) is 0 Å². The van der Waals surface area contributed by atoms with Crippen molar-refractivity contribution in [3.8, 4) is 5.75 Å².